The van der Waals surface area contributed by atoms with Crippen molar-refractivity contribution in [1.82, 2.24) is 15.1 Å². The van der Waals surface area contributed by atoms with Crippen LogP contribution in [0.1, 0.15) is 12.3 Å². The van der Waals surface area contributed by atoms with Gasteiger partial charge in [0.1, 0.15) is 5.54 Å². The second-order valence-electron chi connectivity index (χ2n) is 5.29. The van der Waals surface area contributed by atoms with Gasteiger partial charge < -0.3 is 15.0 Å². The van der Waals surface area contributed by atoms with E-state index < -0.39 is 5.54 Å². The number of nitrogens with two attached hydrogens (primary N) is 1. The third-order valence-electron chi connectivity index (χ3n) is 3.77. The van der Waals surface area contributed by atoms with E-state index in [0.29, 0.717) is 31.3 Å². The molecule has 0 spiro atoms. The largest absolute Gasteiger partial charge is 0.379 e. The molecule has 2 aromatic heterocycles. The molecule has 6 heteroatoms. The summed E-state index contributed by atoms with van der Waals surface area (Å²) in [6.07, 6.45) is 2.46. The fraction of sp³-hybridized carbons (Fsp3) is 0.267. The molecule has 0 bridgehead atoms. The van der Waals surface area contributed by atoms with Crippen molar-refractivity contribution in [2.24, 2.45) is 5.73 Å². The van der Waals surface area contributed by atoms with Gasteiger partial charge in [0.15, 0.2) is 0 Å². The highest BCUT2D eigenvalue weighted by molar-refractivity contribution is 5.82. The third-order valence-corrected chi connectivity index (χ3v) is 3.77. The Morgan fingerprint density at radius 2 is 2.19 bits per heavy atom. The van der Waals surface area contributed by atoms with Crippen LogP contribution in [0.25, 0.3) is 22.3 Å². The zero-order valence-electron chi connectivity index (χ0n) is 11.3. The topological polar surface area (TPSA) is 87.1 Å². The summed E-state index contributed by atoms with van der Waals surface area (Å²) in [4.78, 5) is 8.73. The van der Waals surface area contributed by atoms with Crippen LogP contribution in [0.2, 0.25) is 0 Å². The van der Waals surface area contributed by atoms with Crippen LogP contribution in [-0.2, 0) is 10.3 Å². The predicted molar refractivity (Wildman–Crippen MR) is 76.3 cm³/mol. The Bertz CT molecular complexity index is 793. The van der Waals surface area contributed by atoms with Crippen molar-refractivity contribution in [3.63, 3.8) is 0 Å². The Morgan fingerprint density at radius 1 is 1.24 bits per heavy atom. The van der Waals surface area contributed by atoms with Crippen LogP contribution in [0, 0.1) is 0 Å². The summed E-state index contributed by atoms with van der Waals surface area (Å²) in [6.45, 7) is 1.03. The van der Waals surface area contributed by atoms with Crippen molar-refractivity contribution in [1.29, 1.82) is 0 Å². The smallest absolute Gasteiger partial charge is 0.249 e. The molecule has 3 aromatic rings. The zero-order chi connectivity index (χ0) is 14.3. The zero-order valence-corrected chi connectivity index (χ0v) is 11.3. The van der Waals surface area contributed by atoms with Crippen LogP contribution in [0.4, 0.5) is 0 Å². The summed E-state index contributed by atoms with van der Waals surface area (Å²) in [5.41, 5.74) is 7.39. The minimum Gasteiger partial charge on any atom is -0.379 e. The minimum absolute atomic E-state index is 0.413. The molecule has 1 aliphatic heterocycles. The summed E-state index contributed by atoms with van der Waals surface area (Å²) in [5.74, 6) is 0.966. The van der Waals surface area contributed by atoms with E-state index in [-0.39, 0.29) is 0 Å². The number of rotatable bonds is 2. The van der Waals surface area contributed by atoms with Crippen LogP contribution in [-0.4, -0.2) is 28.3 Å². The summed E-state index contributed by atoms with van der Waals surface area (Å²) in [6, 6.07) is 9.77. The number of benzene rings is 1. The predicted octanol–water partition coefficient (Wildman–Crippen LogP) is 1.86. The number of aromatic nitrogens is 3. The SMILES string of the molecule is NC1(c2nc(-c3ccc4ncccc4c3)no2)CCOC1. The van der Waals surface area contributed by atoms with Crippen LogP contribution >= 0.6 is 0 Å². The van der Waals surface area contributed by atoms with Gasteiger partial charge >= 0.3 is 0 Å². The maximum atomic E-state index is 6.23. The van der Waals surface area contributed by atoms with Gasteiger partial charge in [-0.15, -0.1) is 0 Å². The lowest BCUT2D eigenvalue weighted by Crippen LogP contribution is -2.37. The molecule has 3 heterocycles. The second-order valence-corrected chi connectivity index (χ2v) is 5.29. The molecular formula is C15H14N4O2. The summed E-state index contributed by atoms with van der Waals surface area (Å²) in [7, 11) is 0. The van der Waals surface area contributed by atoms with Gasteiger partial charge in [-0.2, -0.15) is 4.98 Å². The van der Waals surface area contributed by atoms with E-state index in [2.05, 4.69) is 15.1 Å². The fourth-order valence-electron chi connectivity index (χ4n) is 2.51. The summed E-state index contributed by atoms with van der Waals surface area (Å²) < 4.78 is 10.7. The van der Waals surface area contributed by atoms with Gasteiger partial charge in [0.25, 0.3) is 0 Å². The number of hydrogen-bond acceptors (Lipinski definition) is 6. The van der Waals surface area contributed by atoms with Crippen LogP contribution in [0.5, 0.6) is 0 Å². The van der Waals surface area contributed by atoms with E-state index in [0.717, 1.165) is 16.5 Å². The first-order valence-electron chi connectivity index (χ1n) is 6.81. The highest BCUT2D eigenvalue weighted by Gasteiger charge is 2.38. The third kappa shape index (κ3) is 2.09. The number of hydrogen-bond donors (Lipinski definition) is 1. The van der Waals surface area contributed by atoms with Crippen LogP contribution in [0.3, 0.4) is 0 Å². The normalized spacial score (nSPS) is 22.0. The van der Waals surface area contributed by atoms with Gasteiger partial charge in [0.05, 0.1) is 12.1 Å². The first kappa shape index (κ1) is 12.4. The van der Waals surface area contributed by atoms with Gasteiger partial charge in [0, 0.05) is 23.8 Å². The number of ether oxygens (including phenoxy) is 1. The lowest BCUT2D eigenvalue weighted by molar-refractivity contribution is 0.166. The first-order chi connectivity index (χ1) is 10.2. The summed E-state index contributed by atoms with van der Waals surface area (Å²) >= 11 is 0. The van der Waals surface area contributed by atoms with Gasteiger partial charge in [-0.05, 0) is 30.7 Å². The molecule has 1 aliphatic rings. The van der Waals surface area contributed by atoms with Crippen molar-refractivity contribution >= 4 is 10.9 Å². The lowest BCUT2D eigenvalue weighted by Gasteiger charge is -2.14. The quantitative estimate of drug-likeness (QED) is 0.772. The van der Waals surface area contributed by atoms with Crippen molar-refractivity contribution in [3.05, 3.63) is 42.4 Å². The first-order valence-corrected chi connectivity index (χ1v) is 6.81. The average molecular weight is 282 g/mol. The van der Waals surface area contributed by atoms with E-state index in [1.165, 1.54) is 0 Å². The fourth-order valence-corrected chi connectivity index (χ4v) is 2.51. The second kappa shape index (κ2) is 4.61. The van der Waals surface area contributed by atoms with Crippen LogP contribution < -0.4 is 5.73 Å². The van der Waals surface area contributed by atoms with Gasteiger partial charge in [0.2, 0.25) is 11.7 Å². The highest BCUT2D eigenvalue weighted by Crippen LogP contribution is 2.28. The summed E-state index contributed by atoms with van der Waals surface area (Å²) in [5, 5.41) is 5.08. The molecule has 0 amide bonds. The van der Waals surface area contributed by atoms with Gasteiger partial charge in [-0.25, -0.2) is 0 Å². The maximum Gasteiger partial charge on any atom is 0.249 e. The van der Waals surface area contributed by atoms with Crippen molar-refractivity contribution in [2.45, 2.75) is 12.0 Å². The van der Waals surface area contributed by atoms with E-state index in [1.807, 2.05) is 30.3 Å². The molecule has 1 aromatic carbocycles. The molecule has 4 rings (SSSR count). The molecule has 106 valence electrons. The highest BCUT2D eigenvalue weighted by atomic mass is 16.5. The van der Waals surface area contributed by atoms with Crippen molar-refractivity contribution in [3.8, 4) is 11.4 Å². The Balaban J connectivity index is 1.73. The molecular weight excluding hydrogens is 268 g/mol. The Hall–Kier alpha value is -2.31. The maximum absolute atomic E-state index is 6.23. The van der Waals surface area contributed by atoms with Gasteiger partial charge in [-0.1, -0.05) is 11.2 Å². The molecule has 1 fully saturated rings. The lowest BCUT2D eigenvalue weighted by atomic mass is 10.0. The molecule has 1 saturated heterocycles. The molecule has 0 radical (unpaired) electrons. The molecule has 0 saturated carbocycles. The van der Waals surface area contributed by atoms with E-state index in [4.69, 9.17) is 15.0 Å². The Labute approximate surface area is 120 Å². The number of nitrogens with zero attached hydrogens (tertiary/aromatic N) is 3. The minimum atomic E-state index is -0.663. The van der Waals surface area contributed by atoms with E-state index in [1.54, 1.807) is 6.20 Å². The van der Waals surface area contributed by atoms with E-state index in [9.17, 15) is 0 Å². The Morgan fingerprint density at radius 3 is 3.05 bits per heavy atom. The molecule has 2 N–H and O–H groups in total. The van der Waals surface area contributed by atoms with Crippen molar-refractivity contribution < 1.29 is 9.26 Å². The standard InChI is InChI=1S/C15H14N4O2/c16-15(5-7-20-9-15)14-18-13(19-21-14)11-3-4-12-10(8-11)2-1-6-17-12/h1-4,6,8H,5,7,9,16H2. The monoisotopic (exact) mass is 282 g/mol. The number of fused-ring (bicyclic) bond motifs is 1. The van der Waals surface area contributed by atoms with Crippen LogP contribution in [0.15, 0.2) is 41.1 Å². The van der Waals surface area contributed by atoms with E-state index >= 15 is 0 Å². The average Bonchev–Trinajstić information content (AvgIpc) is 3.17. The van der Waals surface area contributed by atoms with Gasteiger partial charge in [-0.3, -0.25) is 4.98 Å². The molecule has 21 heavy (non-hydrogen) atoms. The number of pyridine rings is 1. The molecule has 1 atom stereocenters. The molecule has 0 aliphatic carbocycles. The molecule has 6 nitrogen and oxygen atoms in total. The Kier molecular flexibility index (Phi) is 2.73. The van der Waals surface area contributed by atoms with Crippen molar-refractivity contribution in [2.75, 3.05) is 13.2 Å². The molecule has 1 unspecified atom stereocenters.